The van der Waals surface area contributed by atoms with E-state index in [-0.39, 0.29) is 5.92 Å². The molecule has 0 spiro atoms. The molecule has 1 aliphatic rings. The first-order chi connectivity index (χ1) is 6.70. The Balaban J connectivity index is 2.50. The Labute approximate surface area is 86.6 Å². The molecule has 1 rings (SSSR count). The number of amides is 1. The molecule has 0 radical (unpaired) electrons. The van der Waals surface area contributed by atoms with E-state index in [1.807, 2.05) is 11.9 Å². The van der Waals surface area contributed by atoms with Crippen LogP contribution in [0.2, 0.25) is 0 Å². The number of carbonyl (C=O) groups is 1. The van der Waals surface area contributed by atoms with Crippen molar-refractivity contribution >= 4 is 5.91 Å². The van der Waals surface area contributed by atoms with E-state index in [1.54, 1.807) is 0 Å². The lowest BCUT2D eigenvalue weighted by atomic mass is 9.95. The van der Waals surface area contributed by atoms with Gasteiger partial charge in [0.25, 0.3) is 0 Å². The molecule has 1 fully saturated rings. The maximum atomic E-state index is 12.0. The van der Waals surface area contributed by atoms with E-state index < -0.39 is 0 Å². The molecular weight excluding hydrogens is 176 g/mol. The van der Waals surface area contributed by atoms with Crippen molar-refractivity contribution in [3.63, 3.8) is 0 Å². The third kappa shape index (κ3) is 2.47. The Kier molecular flexibility index (Phi) is 4.39. The third-order valence-corrected chi connectivity index (χ3v) is 3.21. The molecular formula is C11H22N2O. The summed E-state index contributed by atoms with van der Waals surface area (Å²) in [6, 6.07) is 0. The van der Waals surface area contributed by atoms with Crippen molar-refractivity contribution in [1.82, 2.24) is 4.90 Å². The molecule has 2 unspecified atom stereocenters. The molecule has 2 atom stereocenters. The molecule has 2 N–H and O–H groups in total. The highest BCUT2D eigenvalue weighted by atomic mass is 16.2. The van der Waals surface area contributed by atoms with Gasteiger partial charge >= 0.3 is 0 Å². The molecule has 0 heterocycles. The van der Waals surface area contributed by atoms with Crippen LogP contribution >= 0.6 is 0 Å². The highest BCUT2D eigenvalue weighted by Gasteiger charge is 2.33. The van der Waals surface area contributed by atoms with Crippen molar-refractivity contribution in [2.24, 2.45) is 17.6 Å². The number of carbonyl (C=O) groups excluding carboxylic acids is 1. The highest BCUT2D eigenvalue weighted by Crippen LogP contribution is 2.32. The molecule has 0 saturated heterocycles. The molecule has 0 aromatic heterocycles. The zero-order valence-electron chi connectivity index (χ0n) is 9.33. The SMILES string of the molecule is CCCN(C)C(=O)C1CCCC1CN. The van der Waals surface area contributed by atoms with Gasteiger partial charge in [0, 0.05) is 19.5 Å². The minimum absolute atomic E-state index is 0.205. The van der Waals surface area contributed by atoms with Crippen molar-refractivity contribution in [3.8, 4) is 0 Å². The summed E-state index contributed by atoms with van der Waals surface area (Å²) in [5, 5.41) is 0. The topological polar surface area (TPSA) is 46.3 Å². The van der Waals surface area contributed by atoms with Gasteiger partial charge in [-0.25, -0.2) is 0 Å². The van der Waals surface area contributed by atoms with Gasteiger partial charge in [-0.2, -0.15) is 0 Å². The van der Waals surface area contributed by atoms with Crippen LogP contribution < -0.4 is 5.73 Å². The van der Waals surface area contributed by atoms with Crippen LogP contribution in [0.3, 0.4) is 0 Å². The van der Waals surface area contributed by atoms with Crippen molar-refractivity contribution in [3.05, 3.63) is 0 Å². The zero-order valence-corrected chi connectivity index (χ0v) is 9.33. The largest absolute Gasteiger partial charge is 0.346 e. The second-order valence-corrected chi connectivity index (χ2v) is 4.29. The smallest absolute Gasteiger partial charge is 0.225 e. The van der Waals surface area contributed by atoms with Gasteiger partial charge in [0.2, 0.25) is 5.91 Å². The summed E-state index contributed by atoms with van der Waals surface area (Å²) in [4.78, 5) is 13.8. The van der Waals surface area contributed by atoms with E-state index in [4.69, 9.17) is 5.73 Å². The number of hydrogen-bond donors (Lipinski definition) is 1. The number of nitrogens with zero attached hydrogens (tertiary/aromatic N) is 1. The minimum Gasteiger partial charge on any atom is -0.346 e. The van der Waals surface area contributed by atoms with Gasteiger partial charge < -0.3 is 10.6 Å². The molecule has 1 aliphatic carbocycles. The molecule has 14 heavy (non-hydrogen) atoms. The molecule has 3 nitrogen and oxygen atoms in total. The van der Waals surface area contributed by atoms with Crippen LogP contribution in [0.1, 0.15) is 32.6 Å². The van der Waals surface area contributed by atoms with Crippen LogP contribution in [0.25, 0.3) is 0 Å². The maximum absolute atomic E-state index is 12.0. The maximum Gasteiger partial charge on any atom is 0.225 e. The van der Waals surface area contributed by atoms with Crippen LogP contribution in [0.5, 0.6) is 0 Å². The first-order valence-electron chi connectivity index (χ1n) is 5.65. The third-order valence-electron chi connectivity index (χ3n) is 3.21. The van der Waals surface area contributed by atoms with Crippen LogP contribution in [0.15, 0.2) is 0 Å². The monoisotopic (exact) mass is 198 g/mol. The van der Waals surface area contributed by atoms with Crippen LogP contribution in [-0.4, -0.2) is 30.9 Å². The van der Waals surface area contributed by atoms with Crippen molar-refractivity contribution < 1.29 is 4.79 Å². The zero-order chi connectivity index (χ0) is 10.6. The number of hydrogen-bond acceptors (Lipinski definition) is 2. The van der Waals surface area contributed by atoms with Gasteiger partial charge in [-0.05, 0) is 31.7 Å². The fraction of sp³-hybridized carbons (Fsp3) is 0.909. The molecule has 0 aromatic rings. The van der Waals surface area contributed by atoms with E-state index in [0.717, 1.165) is 32.2 Å². The fourth-order valence-electron chi connectivity index (χ4n) is 2.37. The molecule has 1 saturated carbocycles. The summed E-state index contributed by atoms with van der Waals surface area (Å²) in [7, 11) is 1.90. The highest BCUT2D eigenvalue weighted by molar-refractivity contribution is 5.79. The Morgan fingerprint density at radius 2 is 2.21 bits per heavy atom. The van der Waals surface area contributed by atoms with Crippen molar-refractivity contribution in [1.29, 1.82) is 0 Å². The van der Waals surface area contributed by atoms with Gasteiger partial charge in [-0.15, -0.1) is 0 Å². The molecule has 1 amide bonds. The summed E-state index contributed by atoms with van der Waals surface area (Å²) in [5.41, 5.74) is 5.67. The first kappa shape index (κ1) is 11.5. The van der Waals surface area contributed by atoms with Crippen LogP contribution in [0, 0.1) is 11.8 Å². The Morgan fingerprint density at radius 1 is 1.50 bits per heavy atom. The number of nitrogens with two attached hydrogens (primary N) is 1. The quantitative estimate of drug-likeness (QED) is 0.738. The standard InChI is InChI=1S/C11H22N2O/c1-3-7-13(2)11(14)10-6-4-5-9(10)8-12/h9-10H,3-8,12H2,1-2H3. The Hall–Kier alpha value is -0.570. The number of rotatable bonds is 4. The van der Waals surface area contributed by atoms with Gasteiger partial charge in [-0.1, -0.05) is 13.3 Å². The molecule has 3 heteroatoms. The van der Waals surface area contributed by atoms with E-state index in [9.17, 15) is 4.79 Å². The van der Waals surface area contributed by atoms with E-state index >= 15 is 0 Å². The summed E-state index contributed by atoms with van der Waals surface area (Å²) < 4.78 is 0. The van der Waals surface area contributed by atoms with Crippen molar-refractivity contribution in [2.75, 3.05) is 20.1 Å². The average Bonchev–Trinajstić information content (AvgIpc) is 2.64. The second kappa shape index (κ2) is 5.35. The van der Waals surface area contributed by atoms with Gasteiger partial charge in [0.05, 0.1) is 0 Å². The van der Waals surface area contributed by atoms with E-state index in [0.29, 0.717) is 18.4 Å². The van der Waals surface area contributed by atoms with Crippen molar-refractivity contribution in [2.45, 2.75) is 32.6 Å². The lowest BCUT2D eigenvalue weighted by molar-refractivity contribution is -0.135. The molecule has 0 aliphatic heterocycles. The summed E-state index contributed by atoms with van der Waals surface area (Å²) >= 11 is 0. The normalized spacial score (nSPS) is 26.5. The van der Waals surface area contributed by atoms with Crippen LogP contribution in [0.4, 0.5) is 0 Å². The summed E-state index contributed by atoms with van der Waals surface area (Å²) in [6.07, 6.45) is 4.36. The lowest BCUT2D eigenvalue weighted by Gasteiger charge is -2.24. The predicted molar refractivity (Wildman–Crippen MR) is 57.8 cm³/mol. The molecule has 0 bridgehead atoms. The fourth-order valence-corrected chi connectivity index (χ4v) is 2.37. The minimum atomic E-state index is 0.205. The predicted octanol–water partition coefficient (Wildman–Crippen LogP) is 1.23. The average molecular weight is 198 g/mol. The lowest BCUT2D eigenvalue weighted by Crippen LogP contribution is -2.36. The second-order valence-electron chi connectivity index (χ2n) is 4.29. The Morgan fingerprint density at radius 3 is 2.79 bits per heavy atom. The van der Waals surface area contributed by atoms with Gasteiger partial charge in [-0.3, -0.25) is 4.79 Å². The Bertz CT molecular complexity index is 194. The summed E-state index contributed by atoms with van der Waals surface area (Å²) in [5.74, 6) is 0.943. The van der Waals surface area contributed by atoms with Crippen LogP contribution in [-0.2, 0) is 4.79 Å². The summed E-state index contributed by atoms with van der Waals surface area (Å²) in [6.45, 7) is 3.63. The molecule has 0 aromatic carbocycles. The van der Waals surface area contributed by atoms with Gasteiger partial charge in [0.15, 0.2) is 0 Å². The first-order valence-corrected chi connectivity index (χ1v) is 5.65. The van der Waals surface area contributed by atoms with Gasteiger partial charge in [0.1, 0.15) is 0 Å². The van der Waals surface area contributed by atoms with E-state index in [2.05, 4.69) is 6.92 Å². The van der Waals surface area contributed by atoms with E-state index in [1.165, 1.54) is 0 Å². The molecule has 82 valence electrons.